The summed E-state index contributed by atoms with van der Waals surface area (Å²) in [5, 5.41) is 0. The third kappa shape index (κ3) is 5.28. The van der Waals surface area contributed by atoms with Crippen molar-refractivity contribution in [2.75, 3.05) is 0 Å². The largest absolute Gasteiger partial charge is 0.454 e. The van der Waals surface area contributed by atoms with E-state index >= 15 is 0 Å². The molecular weight excluding hydrogens is 248 g/mol. The van der Waals surface area contributed by atoms with Crippen LogP contribution in [0.3, 0.4) is 0 Å². The van der Waals surface area contributed by atoms with E-state index in [1.54, 1.807) is 20.8 Å². The molecule has 1 aliphatic heterocycles. The predicted molar refractivity (Wildman–Crippen MR) is 69.1 cm³/mol. The molecule has 0 amide bonds. The summed E-state index contributed by atoms with van der Waals surface area (Å²) in [4.78, 5) is 33.1. The molecule has 0 atom stereocenters. The molecule has 0 saturated carbocycles. The molecule has 0 radical (unpaired) electrons. The van der Waals surface area contributed by atoms with Crippen LogP contribution in [0.5, 0.6) is 0 Å². The minimum atomic E-state index is -1.40. The first-order chi connectivity index (χ1) is 8.45. The van der Waals surface area contributed by atoms with E-state index in [0.29, 0.717) is 6.42 Å². The Balaban J connectivity index is 2.50. The second kappa shape index (κ2) is 5.21. The van der Waals surface area contributed by atoms with Crippen molar-refractivity contribution in [3.8, 4) is 0 Å². The summed E-state index contributed by atoms with van der Waals surface area (Å²) in [6.07, 6.45) is 2.05. The van der Waals surface area contributed by atoms with Crippen molar-refractivity contribution in [3.63, 3.8) is 0 Å². The van der Waals surface area contributed by atoms with E-state index < -0.39 is 23.1 Å². The van der Waals surface area contributed by atoms with Gasteiger partial charge in [0.15, 0.2) is 0 Å². The molecular formula is C14H24O5. The lowest BCUT2D eigenvalue weighted by atomic mass is 9.88. The first-order valence-corrected chi connectivity index (χ1v) is 6.60. The molecule has 1 aliphatic rings. The summed E-state index contributed by atoms with van der Waals surface area (Å²) in [5.41, 5.74) is -0.528. The van der Waals surface area contributed by atoms with E-state index in [-0.39, 0.29) is 5.41 Å². The third-order valence-electron chi connectivity index (χ3n) is 2.65. The average molecular weight is 272 g/mol. The van der Waals surface area contributed by atoms with Gasteiger partial charge in [-0.05, 0) is 39.0 Å². The number of hydrogen-bond acceptors (Lipinski definition) is 5. The highest BCUT2D eigenvalue weighted by atomic mass is 17.4. The molecule has 110 valence electrons. The molecule has 0 aromatic heterocycles. The number of Topliss-reactive ketones (excluding diaryl/α,β-unsaturated/α-hetero) is 1. The highest BCUT2D eigenvalue weighted by molar-refractivity contribution is 6.36. The van der Waals surface area contributed by atoms with Crippen molar-refractivity contribution in [2.24, 2.45) is 5.41 Å². The molecule has 0 N–H and O–H groups in total. The van der Waals surface area contributed by atoms with Gasteiger partial charge in [0.25, 0.3) is 0 Å². The minimum absolute atomic E-state index is 0.172. The van der Waals surface area contributed by atoms with Gasteiger partial charge in [0, 0.05) is 6.42 Å². The summed E-state index contributed by atoms with van der Waals surface area (Å²) in [6.45, 7) is 11.5. The molecule has 1 fully saturated rings. The Morgan fingerprint density at radius 2 is 1.58 bits per heavy atom. The van der Waals surface area contributed by atoms with Crippen LogP contribution in [0.15, 0.2) is 0 Å². The highest BCUT2D eigenvalue weighted by Crippen LogP contribution is 2.38. The smallest absolute Gasteiger partial charge is 0.381 e. The van der Waals surface area contributed by atoms with Crippen molar-refractivity contribution in [2.45, 2.75) is 72.2 Å². The second-order valence-electron chi connectivity index (χ2n) is 7.16. The van der Waals surface area contributed by atoms with Crippen LogP contribution in [-0.2, 0) is 24.1 Å². The van der Waals surface area contributed by atoms with Gasteiger partial charge in [-0.25, -0.2) is 4.79 Å². The zero-order chi connectivity index (χ0) is 14.9. The molecule has 0 unspecified atom stereocenters. The van der Waals surface area contributed by atoms with Crippen LogP contribution in [0, 0.1) is 5.41 Å². The Kier molecular flexibility index (Phi) is 4.42. The van der Waals surface area contributed by atoms with Gasteiger partial charge < -0.3 is 4.74 Å². The zero-order valence-corrected chi connectivity index (χ0v) is 12.7. The van der Waals surface area contributed by atoms with E-state index in [9.17, 15) is 9.59 Å². The van der Waals surface area contributed by atoms with Gasteiger partial charge in [-0.15, -0.1) is 0 Å². The maximum atomic E-state index is 11.9. The monoisotopic (exact) mass is 272 g/mol. The maximum absolute atomic E-state index is 11.9. The number of esters is 1. The molecule has 19 heavy (non-hydrogen) atoms. The highest BCUT2D eigenvalue weighted by Gasteiger charge is 2.59. The van der Waals surface area contributed by atoms with Gasteiger partial charge in [0.2, 0.25) is 0 Å². The van der Waals surface area contributed by atoms with E-state index in [1.807, 2.05) is 0 Å². The molecule has 0 spiro atoms. The molecule has 0 aliphatic carbocycles. The summed E-state index contributed by atoms with van der Waals surface area (Å²) in [6, 6.07) is 0. The van der Waals surface area contributed by atoms with Gasteiger partial charge in [-0.1, -0.05) is 20.8 Å². The van der Waals surface area contributed by atoms with E-state index in [2.05, 4.69) is 20.8 Å². The van der Waals surface area contributed by atoms with E-state index in [0.717, 1.165) is 12.8 Å². The van der Waals surface area contributed by atoms with Gasteiger partial charge in [0.1, 0.15) is 5.60 Å². The first-order valence-electron chi connectivity index (χ1n) is 6.60. The number of hydrogen-bond donors (Lipinski definition) is 0. The molecule has 1 saturated heterocycles. The summed E-state index contributed by atoms with van der Waals surface area (Å²) in [5.74, 6) is -3.05. The molecule has 1 rings (SSSR count). The summed E-state index contributed by atoms with van der Waals surface area (Å²) in [7, 11) is 0. The van der Waals surface area contributed by atoms with E-state index in [1.165, 1.54) is 0 Å². The quantitative estimate of drug-likeness (QED) is 0.333. The third-order valence-corrected chi connectivity index (χ3v) is 2.65. The molecule has 0 aromatic rings. The fourth-order valence-corrected chi connectivity index (χ4v) is 1.65. The van der Waals surface area contributed by atoms with Crippen molar-refractivity contribution in [3.05, 3.63) is 0 Å². The Hall–Kier alpha value is -0.940. The number of ether oxygens (including phenoxy) is 1. The minimum Gasteiger partial charge on any atom is -0.454 e. The van der Waals surface area contributed by atoms with Gasteiger partial charge >= 0.3 is 17.5 Å². The standard InChI is InChI=1S/C14H24O5/c1-12(2,3)8-7-9-14(18-19-14)10(15)11(16)17-13(4,5)6/h7-9H2,1-6H3. The zero-order valence-electron chi connectivity index (χ0n) is 12.7. The van der Waals surface area contributed by atoms with Gasteiger partial charge in [-0.2, -0.15) is 9.78 Å². The lowest BCUT2D eigenvalue weighted by molar-refractivity contribution is -0.165. The Morgan fingerprint density at radius 3 is 1.95 bits per heavy atom. The van der Waals surface area contributed by atoms with Gasteiger partial charge in [-0.3, -0.25) is 4.79 Å². The van der Waals surface area contributed by atoms with Crippen LogP contribution in [0.4, 0.5) is 0 Å². The van der Waals surface area contributed by atoms with Crippen LogP contribution in [0.1, 0.15) is 60.8 Å². The van der Waals surface area contributed by atoms with Crippen molar-refractivity contribution in [1.82, 2.24) is 0 Å². The fraction of sp³-hybridized carbons (Fsp3) is 0.857. The Morgan fingerprint density at radius 1 is 1.05 bits per heavy atom. The average Bonchev–Trinajstić information content (AvgIpc) is 2.93. The van der Waals surface area contributed by atoms with Crippen LogP contribution < -0.4 is 0 Å². The number of carbonyl (C=O) groups is 2. The SMILES string of the molecule is CC(C)(C)CCCC1(C(=O)C(=O)OC(C)(C)C)OO1. The maximum Gasteiger partial charge on any atom is 0.381 e. The van der Waals surface area contributed by atoms with Crippen LogP contribution in [-0.4, -0.2) is 23.1 Å². The van der Waals surface area contributed by atoms with Crippen molar-refractivity contribution >= 4 is 11.8 Å². The van der Waals surface area contributed by atoms with E-state index in [4.69, 9.17) is 14.5 Å². The number of carbonyl (C=O) groups excluding carboxylic acids is 2. The lowest BCUT2D eigenvalue weighted by Gasteiger charge is -2.20. The van der Waals surface area contributed by atoms with Crippen molar-refractivity contribution in [1.29, 1.82) is 0 Å². The van der Waals surface area contributed by atoms with Crippen LogP contribution in [0.25, 0.3) is 0 Å². The Bertz CT molecular complexity index is 355. The van der Waals surface area contributed by atoms with Crippen molar-refractivity contribution < 1.29 is 24.1 Å². The van der Waals surface area contributed by atoms with Crippen LogP contribution >= 0.6 is 0 Å². The first kappa shape index (κ1) is 16.1. The molecule has 5 nitrogen and oxygen atoms in total. The molecule has 0 bridgehead atoms. The van der Waals surface area contributed by atoms with Gasteiger partial charge in [0.05, 0.1) is 0 Å². The topological polar surface area (TPSA) is 68.4 Å². The molecule has 1 heterocycles. The van der Waals surface area contributed by atoms with Crippen LogP contribution in [0.2, 0.25) is 0 Å². The summed E-state index contributed by atoms with van der Waals surface area (Å²) < 4.78 is 5.02. The number of ketones is 1. The molecule has 0 aromatic carbocycles. The normalized spacial score (nSPS) is 18.0. The summed E-state index contributed by atoms with van der Waals surface area (Å²) >= 11 is 0. The predicted octanol–water partition coefficient (Wildman–Crippen LogP) is 2.77. The lowest BCUT2D eigenvalue weighted by Crippen LogP contribution is -2.37. The fourth-order valence-electron chi connectivity index (χ4n) is 1.65. The Labute approximate surface area is 114 Å². The second-order valence-corrected chi connectivity index (χ2v) is 7.16. The molecule has 5 heteroatoms. The number of rotatable bonds is 5.